The van der Waals surface area contributed by atoms with E-state index in [1.54, 1.807) is 0 Å². The number of hydrogen-bond donors (Lipinski definition) is 2. The van der Waals surface area contributed by atoms with Crippen molar-refractivity contribution in [2.75, 3.05) is 13.1 Å². The summed E-state index contributed by atoms with van der Waals surface area (Å²) in [7, 11) is 0. The lowest BCUT2D eigenvalue weighted by atomic mass is 9.74. The third-order valence-electron chi connectivity index (χ3n) is 3.59. The molecule has 0 unspecified atom stereocenters. The monoisotopic (exact) mass is 229 g/mol. The first-order chi connectivity index (χ1) is 8.31. The first kappa shape index (κ1) is 10.5. The van der Waals surface area contributed by atoms with E-state index < -0.39 is 5.41 Å². The average Bonchev–Trinajstić information content (AvgIpc) is 2.69. The Hall–Kier alpha value is -1.68. The maximum Gasteiger partial charge on any atom is 0.253 e. The third-order valence-corrected chi connectivity index (χ3v) is 3.59. The molecule has 88 valence electrons. The second-order valence-electron chi connectivity index (χ2n) is 4.67. The maximum atomic E-state index is 12.1. The summed E-state index contributed by atoms with van der Waals surface area (Å²) < 4.78 is 0. The van der Waals surface area contributed by atoms with Gasteiger partial charge in [0.1, 0.15) is 5.41 Å². The van der Waals surface area contributed by atoms with E-state index >= 15 is 0 Å². The van der Waals surface area contributed by atoms with Gasteiger partial charge in [0, 0.05) is 19.5 Å². The Morgan fingerprint density at radius 2 is 2.12 bits per heavy atom. The smallest absolute Gasteiger partial charge is 0.253 e. The maximum absolute atomic E-state index is 12.1. The number of benzene rings is 1. The van der Waals surface area contributed by atoms with E-state index in [1.807, 2.05) is 18.2 Å². The van der Waals surface area contributed by atoms with Crippen LogP contribution in [0.1, 0.15) is 12.0 Å². The molecule has 2 aliphatic heterocycles. The molecule has 4 nitrogen and oxygen atoms in total. The van der Waals surface area contributed by atoms with Crippen molar-refractivity contribution in [3.63, 3.8) is 0 Å². The molecule has 17 heavy (non-hydrogen) atoms. The molecule has 3 rings (SSSR count). The van der Waals surface area contributed by atoms with Crippen LogP contribution < -0.4 is 10.7 Å². The average molecular weight is 229 g/mol. The number of fused-ring (bicyclic) bond motifs is 1. The third kappa shape index (κ3) is 1.65. The highest BCUT2D eigenvalue weighted by Crippen LogP contribution is 2.31. The summed E-state index contributed by atoms with van der Waals surface area (Å²) in [6.45, 7) is 1.59. The van der Waals surface area contributed by atoms with Crippen molar-refractivity contribution in [3.8, 4) is 0 Å². The Morgan fingerprint density at radius 3 is 2.94 bits per heavy atom. The van der Waals surface area contributed by atoms with Crippen LogP contribution in [0.5, 0.6) is 0 Å². The van der Waals surface area contributed by atoms with Gasteiger partial charge in [0.15, 0.2) is 0 Å². The fraction of sp³-hybridized carbons (Fsp3) is 0.385. The van der Waals surface area contributed by atoms with Gasteiger partial charge >= 0.3 is 0 Å². The zero-order valence-corrected chi connectivity index (χ0v) is 9.57. The highest BCUT2D eigenvalue weighted by atomic mass is 16.2. The summed E-state index contributed by atoms with van der Waals surface area (Å²) in [6, 6.07) is 10.1. The van der Waals surface area contributed by atoms with Crippen molar-refractivity contribution in [2.45, 2.75) is 12.8 Å². The molecule has 1 amide bonds. The van der Waals surface area contributed by atoms with Crippen LogP contribution in [0.25, 0.3) is 0 Å². The Labute approximate surface area is 100 Å². The summed E-state index contributed by atoms with van der Waals surface area (Å²) in [5, 5.41) is 7.49. The lowest BCUT2D eigenvalue weighted by Gasteiger charge is -2.32. The largest absolute Gasteiger partial charge is 0.315 e. The van der Waals surface area contributed by atoms with Crippen molar-refractivity contribution in [2.24, 2.45) is 10.5 Å². The number of carbonyl (C=O) groups is 1. The molecule has 0 aromatic heterocycles. The molecule has 1 saturated heterocycles. The van der Waals surface area contributed by atoms with Crippen LogP contribution in [0.4, 0.5) is 0 Å². The molecule has 0 bridgehead atoms. The van der Waals surface area contributed by atoms with Gasteiger partial charge in [-0.2, -0.15) is 5.10 Å². The quantitative estimate of drug-likeness (QED) is 0.784. The van der Waals surface area contributed by atoms with Crippen LogP contribution in [0.2, 0.25) is 0 Å². The molecule has 0 spiro atoms. The van der Waals surface area contributed by atoms with Crippen molar-refractivity contribution in [1.82, 2.24) is 10.7 Å². The molecule has 1 aromatic carbocycles. The number of hydrazone groups is 1. The van der Waals surface area contributed by atoms with E-state index in [-0.39, 0.29) is 5.91 Å². The normalized spacial score (nSPS) is 27.3. The Kier molecular flexibility index (Phi) is 2.44. The van der Waals surface area contributed by atoms with Crippen LogP contribution in [0, 0.1) is 5.41 Å². The second-order valence-corrected chi connectivity index (χ2v) is 4.67. The van der Waals surface area contributed by atoms with Crippen molar-refractivity contribution in [1.29, 1.82) is 0 Å². The van der Waals surface area contributed by atoms with Gasteiger partial charge in [-0.3, -0.25) is 4.79 Å². The molecular formula is C13H15N3O. The fourth-order valence-corrected chi connectivity index (χ4v) is 2.64. The summed E-state index contributed by atoms with van der Waals surface area (Å²) in [5.41, 5.74) is 4.36. The fourth-order valence-electron chi connectivity index (χ4n) is 2.64. The molecule has 0 radical (unpaired) electrons. The molecule has 0 aliphatic carbocycles. The molecule has 2 N–H and O–H groups in total. The number of rotatable bonds is 2. The van der Waals surface area contributed by atoms with Crippen LogP contribution >= 0.6 is 0 Å². The van der Waals surface area contributed by atoms with Gasteiger partial charge in [-0.05, 0) is 12.0 Å². The Bertz CT molecular complexity index is 469. The molecule has 4 heteroatoms. The highest BCUT2D eigenvalue weighted by molar-refractivity contribution is 6.13. The molecule has 1 aromatic rings. The molecular weight excluding hydrogens is 214 g/mol. The second kappa shape index (κ2) is 3.96. The van der Waals surface area contributed by atoms with Crippen molar-refractivity contribution < 1.29 is 4.79 Å². The van der Waals surface area contributed by atoms with Gasteiger partial charge in [-0.15, -0.1) is 0 Å². The number of carbonyl (C=O) groups excluding carboxylic acids is 1. The molecule has 0 saturated carbocycles. The number of hydrogen-bond acceptors (Lipinski definition) is 3. The minimum absolute atomic E-state index is 0.0311. The number of amides is 1. The minimum atomic E-state index is -0.459. The van der Waals surface area contributed by atoms with Gasteiger partial charge in [-0.1, -0.05) is 30.3 Å². The Balaban J connectivity index is 1.93. The van der Waals surface area contributed by atoms with E-state index in [2.05, 4.69) is 28.0 Å². The highest BCUT2D eigenvalue weighted by Gasteiger charge is 2.48. The van der Waals surface area contributed by atoms with Crippen LogP contribution in [-0.2, 0) is 11.2 Å². The van der Waals surface area contributed by atoms with Crippen LogP contribution in [-0.4, -0.2) is 24.7 Å². The standard InChI is InChI=1S/C13H15N3O/c17-12-13(8-10-4-2-1-3-5-10)9-14-7-6-11(13)15-16-12/h1-5,14H,6-9H2,(H,16,17)/t13-/m0/s1. The number of piperidine rings is 1. The summed E-state index contributed by atoms with van der Waals surface area (Å²) in [6.07, 6.45) is 1.58. The lowest BCUT2D eigenvalue weighted by molar-refractivity contribution is -0.126. The van der Waals surface area contributed by atoms with Gasteiger partial charge in [0.25, 0.3) is 5.91 Å². The first-order valence-corrected chi connectivity index (χ1v) is 5.93. The van der Waals surface area contributed by atoms with Crippen molar-refractivity contribution in [3.05, 3.63) is 35.9 Å². The SMILES string of the molecule is O=C1NN=C2CCNC[C@]12Cc1ccccc1. The Morgan fingerprint density at radius 1 is 1.29 bits per heavy atom. The minimum Gasteiger partial charge on any atom is -0.315 e. The van der Waals surface area contributed by atoms with E-state index in [0.717, 1.165) is 25.1 Å². The molecule has 1 fully saturated rings. The van der Waals surface area contributed by atoms with Gasteiger partial charge in [0.2, 0.25) is 0 Å². The van der Waals surface area contributed by atoms with Gasteiger partial charge < -0.3 is 5.32 Å². The number of nitrogens with one attached hydrogen (secondary N) is 2. The van der Waals surface area contributed by atoms with Crippen LogP contribution in [0.3, 0.4) is 0 Å². The first-order valence-electron chi connectivity index (χ1n) is 5.93. The lowest BCUT2D eigenvalue weighted by Crippen LogP contribution is -2.52. The van der Waals surface area contributed by atoms with E-state index in [0.29, 0.717) is 6.54 Å². The molecule has 2 heterocycles. The van der Waals surface area contributed by atoms with Crippen LogP contribution in [0.15, 0.2) is 35.4 Å². The zero-order chi connectivity index (χ0) is 11.7. The molecule has 1 atom stereocenters. The van der Waals surface area contributed by atoms with Crippen molar-refractivity contribution >= 4 is 11.6 Å². The zero-order valence-electron chi connectivity index (χ0n) is 9.57. The van der Waals surface area contributed by atoms with E-state index in [4.69, 9.17) is 0 Å². The van der Waals surface area contributed by atoms with Gasteiger partial charge in [-0.25, -0.2) is 5.43 Å². The predicted molar refractivity (Wildman–Crippen MR) is 65.6 cm³/mol. The topological polar surface area (TPSA) is 53.5 Å². The summed E-state index contributed by atoms with van der Waals surface area (Å²) in [4.78, 5) is 12.1. The summed E-state index contributed by atoms with van der Waals surface area (Å²) >= 11 is 0. The number of nitrogens with zero attached hydrogens (tertiary/aromatic N) is 1. The van der Waals surface area contributed by atoms with E-state index in [1.165, 1.54) is 5.56 Å². The van der Waals surface area contributed by atoms with Gasteiger partial charge in [0.05, 0.1) is 5.71 Å². The predicted octanol–water partition coefficient (Wildman–Crippen LogP) is 0.695. The summed E-state index contributed by atoms with van der Waals surface area (Å²) in [5.74, 6) is 0.0311. The molecule has 2 aliphatic rings. The van der Waals surface area contributed by atoms with E-state index in [9.17, 15) is 4.79 Å².